The van der Waals surface area contributed by atoms with E-state index in [1.54, 1.807) is 24.0 Å². The van der Waals surface area contributed by atoms with E-state index < -0.39 is 12.1 Å². The average molecular weight is 404 g/mol. The van der Waals surface area contributed by atoms with Crippen LogP contribution < -0.4 is 0 Å². The molecule has 0 saturated carbocycles. The van der Waals surface area contributed by atoms with Crippen molar-refractivity contribution in [3.8, 4) is 0 Å². The van der Waals surface area contributed by atoms with Gasteiger partial charge >= 0.3 is 5.97 Å². The number of esters is 1. The van der Waals surface area contributed by atoms with Gasteiger partial charge < -0.3 is 18.9 Å². The molecule has 1 amide bonds. The molecule has 2 heterocycles. The highest BCUT2D eigenvalue weighted by Gasteiger charge is 2.26. The lowest BCUT2D eigenvalue weighted by Gasteiger charge is -2.29. The van der Waals surface area contributed by atoms with Crippen LogP contribution in [0.15, 0.2) is 33.7 Å². The van der Waals surface area contributed by atoms with Gasteiger partial charge in [-0.2, -0.15) is 0 Å². The summed E-state index contributed by atoms with van der Waals surface area (Å²) in [4.78, 5) is 27.6. The third-order valence-corrected chi connectivity index (χ3v) is 5.71. The molecule has 150 valence electrons. The maximum absolute atomic E-state index is 12.7. The summed E-state index contributed by atoms with van der Waals surface area (Å²) in [6, 6.07) is 7.23. The van der Waals surface area contributed by atoms with Crippen LogP contribution in [0.3, 0.4) is 0 Å². The quantitative estimate of drug-likeness (QED) is 0.541. The summed E-state index contributed by atoms with van der Waals surface area (Å²) >= 11 is 1.51. The summed E-state index contributed by atoms with van der Waals surface area (Å²) in [6.07, 6.45) is -0.841. The van der Waals surface area contributed by atoms with Crippen LogP contribution in [-0.2, 0) is 20.0 Å². The van der Waals surface area contributed by atoms with Gasteiger partial charge in [0.15, 0.2) is 6.10 Å². The molecule has 2 aromatic rings. The Labute approximate surface area is 168 Å². The highest BCUT2D eigenvalue weighted by molar-refractivity contribution is 7.98. The predicted molar refractivity (Wildman–Crippen MR) is 104 cm³/mol. The van der Waals surface area contributed by atoms with Crippen molar-refractivity contribution < 1.29 is 23.6 Å². The van der Waals surface area contributed by atoms with Gasteiger partial charge in [-0.05, 0) is 32.9 Å². The Kier molecular flexibility index (Phi) is 6.74. The molecule has 1 saturated heterocycles. The maximum Gasteiger partial charge on any atom is 0.340 e. The van der Waals surface area contributed by atoms with Gasteiger partial charge in [0, 0.05) is 29.3 Å². The van der Waals surface area contributed by atoms with Crippen molar-refractivity contribution in [3.05, 3.63) is 46.8 Å². The van der Waals surface area contributed by atoms with Crippen LogP contribution >= 0.6 is 11.8 Å². The Hall–Kier alpha value is -2.32. The number of aromatic nitrogens is 1. The fourth-order valence-corrected chi connectivity index (χ4v) is 4.13. The second-order valence-corrected chi connectivity index (χ2v) is 7.59. The number of hydrogen-bond donors (Lipinski definition) is 0. The second-order valence-electron chi connectivity index (χ2n) is 6.57. The lowest BCUT2D eigenvalue weighted by molar-refractivity contribution is -0.143. The molecule has 0 unspecified atom stereocenters. The summed E-state index contributed by atoms with van der Waals surface area (Å²) < 4.78 is 15.9. The minimum Gasteiger partial charge on any atom is -0.449 e. The predicted octanol–water partition coefficient (Wildman–Crippen LogP) is 2.99. The van der Waals surface area contributed by atoms with Crippen molar-refractivity contribution in [3.63, 3.8) is 0 Å². The van der Waals surface area contributed by atoms with Crippen molar-refractivity contribution in [2.45, 2.75) is 37.5 Å². The first-order valence-corrected chi connectivity index (χ1v) is 10.2. The molecule has 0 bridgehead atoms. The molecule has 0 spiro atoms. The van der Waals surface area contributed by atoms with Crippen molar-refractivity contribution in [2.75, 3.05) is 26.3 Å². The summed E-state index contributed by atoms with van der Waals surface area (Å²) in [6.45, 7) is 7.42. The molecule has 1 aromatic heterocycles. The van der Waals surface area contributed by atoms with Gasteiger partial charge in [-0.1, -0.05) is 17.3 Å². The lowest BCUT2D eigenvalue weighted by Crippen LogP contribution is -2.46. The Balaban J connectivity index is 1.65. The Morgan fingerprint density at radius 3 is 2.64 bits per heavy atom. The first-order valence-electron chi connectivity index (χ1n) is 9.18. The molecule has 0 aliphatic carbocycles. The number of nitrogens with zero attached hydrogens (tertiary/aromatic N) is 2. The second kappa shape index (κ2) is 9.25. The Morgan fingerprint density at radius 2 is 1.96 bits per heavy atom. The number of amides is 1. The fourth-order valence-electron chi connectivity index (χ4n) is 2.93. The lowest BCUT2D eigenvalue weighted by atomic mass is 10.2. The van der Waals surface area contributed by atoms with E-state index in [-0.39, 0.29) is 5.91 Å². The topological polar surface area (TPSA) is 81.9 Å². The van der Waals surface area contributed by atoms with E-state index in [2.05, 4.69) is 5.16 Å². The van der Waals surface area contributed by atoms with Gasteiger partial charge in [0.1, 0.15) is 5.76 Å². The largest absolute Gasteiger partial charge is 0.449 e. The molecule has 0 N–H and O–H groups in total. The zero-order valence-corrected chi connectivity index (χ0v) is 17.1. The number of carbonyl (C=O) groups excluding carboxylic acids is 2. The maximum atomic E-state index is 12.7. The molecule has 1 aromatic carbocycles. The molecular formula is C20H24N2O5S. The van der Waals surface area contributed by atoms with Gasteiger partial charge in [0.2, 0.25) is 0 Å². The Bertz CT molecular complexity index is 825. The van der Waals surface area contributed by atoms with Crippen LogP contribution in [0, 0.1) is 13.8 Å². The number of carbonyl (C=O) groups is 2. The number of thioether (sulfide) groups is 1. The van der Waals surface area contributed by atoms with Crippen molar-refractivity contribution in [2.24, 2.45) is 0 Å². The number of morpholine rings is 1. The highest BCUT2D eigenvalue weighted by Crippen LogP contribution is 2.29. The van der Waals surface area contributed by atoms with Crippen molar-refractivity contribution in [1.29, 1.82) is 0 Å². The summed E-state index contributed by atoms with van der Waals surface area (Å²) in [5.41, 5.74) is 2.31. The van der Waals surface area contributed by atoms with E-state index in [4.69, 9.17) is 14.0 Å². The zero-order valence-electron chi connectivity index (χ0n) is 16.3. The van der Waals surface area contributed by atoms with Crippen LogP contribution in [0.4, 0.5) is 0 Å². The number of ether oxygens (including phenoxy) is 2. The molecule has 1 atom stereocenters. The number of rotatable bonds is 6. The van der Waals surface area contributed by atoms with Crippen molar-refractivity contribution in [1.82, 2.24) is 10.1 Å². The third-order valence-electron chi connectivity index (χ3n) is 4.61. The minimum atomic E-state index is -0.841. The molecular weight excluding hydrogens is 380 g/mol. The molecule has 3 rings (SSSR count). The number of benzene rings is 1. The normalized spacial score (nSPS) is 15.3. The van der Waals surface area contributed by atoms with Gasteiger partial charge in [-0.25, -0.2) is 4.79 Å². The molecule has 28 heavy (non-hydrogen) atoms. The molecule has 7 nitrogen and oxygen atoms in total. The van der Waals surface area contributed by atoms with Gasteiger partial charge in [-0.3, -0.25) is 4.79 Å². The van der Waals surface area contributed by atoms with Crippen LogP contribution in [0.25, 0.3) is 0 Å². The van der Waals surface area contributed by atoms with Gasteiger partial charge in [0.25, 0.3) is 5.91 Å². The number of hydrogen-bond acceptors (Lipinski definition) is 7. The third kappa shape index (κ3) is 4.74. The minimum absolute atomic E-state index is 0.197. The molecule has 1 aliphatic rings. The standard InChI is InChI=1S/C20H24N2O5S/c1-13-17(14(2)27-21-13)12-28-18-7-5-4-6-16(18)20(24)26-15(3)19(23)22-8-10-25-11-9-22/h4-7,15H,8-12H2,1-3H3/t15-/m1/s1. The number of aryl methyl sites for hydroxylation is 2. The summed E-state index contributed by atoms with van der Waals surface area (Å²) in [5, 5.41) is 3.96. The molecule has 8 heteroatoms. The summed E-state index contributed by atoms with van der Waals surface area (Å²) in [5.74, 6) is 0.705. The first-order chi connectivity index (χ1) is 13.5. The highest BCUT2D eigenvalue weighted by atomic mass is 32.2. The van der Waals surface area contributed by atoms with Crippen LogP contribution in [0.1, 0.15) is 34.3 Å². The van der Waals surface area contributed by atoms with E-state index in [0.717, 1.165) is 21.9 Å². The molecule has 1 fully saturated rings. The SMILES string of the molecule is Cc1noc(C)c1CSc1ccccc1C(=O)O[C@H](C)C(=O)N1CCOCC1. The van der Waals surface area contributed by atoms with Crippen LogP contribution in [0.5, 0.6) is 0 Å². The van der Waals surface area contributed by atoms with E-state index in [0.29, 0.717) is 37.6 Å². The average Bonchev–Trinajstić information content (AvgIpc) is 3.04. The van der Waals surface area contributed by atoms with Gasteiger partial charge in [-0.15, -0.1) is 11.8 Å². The Morgan fingerprint density at radius 1 is 1.25 bits per heavy atom. The smallest absolute Gasteiger partial charge is 0.340 e. The van der Waals surface area contributed by atoms with E-state index in [1.807, 2.05) is 26.0 Å². The van der Waals surface area contributed by atoms with Crippen molar-refractivity contribution >= 4 is 23.6 Å². The molecule has 1 aliphatic heterocycles. The summed E-state index contributed by atoms with van der Waals surface area (Å²) in [7, 11) is 0. The van der Waals surface area contributed by atoms with E-state index >= 15 is 0 Å². The first kappa shape index (κ1) is 20.4. The van der Waals surface area contributed by atoms with Crippen LogP contribution in [-0.4, -0.2) is 54.3 Å². The van der Waals surface area contributed by atoms with E-state index in [1.165, 1.54) is 11.8 Å². The zero-order chi connectivity index (χ0) is 20.1. The van der Waals surface area contributed by atoms with Gasteiger partial charge in [0.05, 0.1) is 24.5 Å². The van der Waals surface area contributed by atoms with E-state index in [9.17, 15) is 9.59 Å². The monoisotopic (exact) mass is 404 g/mol. The fraction of sp³-hybridized carbons (Fsp3) is 0.450. The molecule has 0 radical (unpaired) electrons. The van der Waals surface area contributed by atoms with Crippen LogP contribution in [0.2, 0.25) is 0 Å².